The number of benzene rings is 1. The van der Waals surface area contributed by atoms with Crippen LogP contribution in [0.15, 0.2) is 24.4 Å². The molecule has 5 heteroatoms. The van der Waals surface area contributed by atoms with Gasteiger partial charge >= 0.3 is 0 Å². The first-order chi connectivity index (χ1) is 8.72. The van der Waals surface area contributed by atoms with E-state index in [1.54, 1.807) is 16.8 Å². The molecule has 1 aromatic carbocycles. The average molecular weight is 302 g/mol. The molecule has 0 unspecified atom stereocenters. The second-order valence-corrected chi connectivity index (χ2v) is 5.52. The Hall–Kier alpha value is -0.700. The Bertz CT molecular complexity index is 568. The normalized spacial score (nSPS) is 15.1. The van der Waals surface area contributed by atoms with Gasteiger partial charge in [-0.25, -0.2) is 4.68 Å². The number of alkyl halides is 1. The van der Waals surface area contributed by atoms with E-state index in [1.807, 2.05) is 12.3 Å². The minimum Gasteiger partial charge on any atom is -0.233 e. The van der Waals surface area contributed by atoms with Gasteiger partial charge in [-0.15, -0.1) is 11.6 Å². The summed E-state index contributed by atoms with van der Waals surface area (Å²) in [7, 11) is 0. The van der Waals surface area contributed by atoms with Crippen LogP contribution in [0.3, 0.4) is 0 Å². The molecule has 94 valence electrons. The van der Waals surface area contributed by atoms with Crippen LogP contribution in [0.25, 0.3) is 5.69 Å². The second-order valence-electron chi connectivity index (χ2n) is 4.44. The number of rotatable bonds is 3. The maximum absolute atomic E-state index is 6.21. The van der Waals surface area contributed by atoms with Crippen molar-refractivity contribution in [3.05, 3.63) is 45.7 Å². The Kier molecular flexibility index (Phi) is 3.27. The van der Waals surface area contributed by atoms with Crippen LogP contribution in [0.1, 0.15) is 30.0 Å². The zero-order valence-electron chi connectivity index (χ0n) is 9.54. The van der Waals surface area contributed by atoms with E-state index in [0.717, 1.165) is 5.69 Å². The summed E-state index contributed by atoms with van der Waals surface area (Å²) in [6.07, 6.45) is 4.31. The molecule has 1 saturated carbocycles. The van der Waals surface area contributed by atoms with Gasteiger partial charge in [0, 0.05) is 0 Å². The van der Waals surface area contributed by atoms with Gasteiger partial charge in [-0.2, -0.15) is 5.10 Å². The smallest absolute Gasteiger partial charge is 0.102 e. The standard InChI is InChI=1S/C13H11Cl3N2/c14-6-12-9(8-4-5-8)7-17-18(12)13-10(15)2-1-3-11(13)16/h1-3,7-8H,4-6H2. The lowest BCUT2D eigenvalue weighted by atomic mass is 10.2. The quantitative estimate of drug-likeness (QED) is 0.745. The molecule has 1 aromatic heterocycles. The summed E-state index contributed by atoms with van der Waals surface area (Å²) < 4.78 is 1.77. The highest BCUT2D eigenvalue weighted by atomic mass is 35.5. The molecule has 1 aliphatic carbocycles. The molecule has 0 atom stereocenters. The highest BCUT2D eigenvalue weighted by Gasteiger charge is 2.29. The lowest BCUT2D eigenvalue weighted by molar-refractivity contribution is 0.836. The van der Waals surface area contributed by atoms with Crippen LogP contribution in [0.5, 0.6) is 0 Å². The Morgan fingerprint density at radius 1 is 1.22 bits per heavy atom. The summed E-state index contributed by atoms with van der Waals surface area (Å²) in [6.45, 7) is 0. The number of hydrogen-bond donors (Lipinski definition) is 0. The molecule has 1 aliphatic rings. The van der Waals surface area contributed by atoms with Gasteiger partial charge in [-0.3, -0.25) is 0 Å². The average Bonchev–Trinajstić information content (AvgIpc) is 3.10. The zero-order chi connectivity index (χ0) is 12.7. The molecule has 0 saturated heterocycles. The molecule has 0 spiro atoms. The SMILES string of the molecule is ClCc1c(C2CC2)cnn1-c1c(Cl)cccc1Cl. The topological polar surface area (TPSA) is 17.8 Å². The number of para-hydroxylation sites is 1. The lowest BCUT2D eigenvalue weighted by Crippen LogP contribution is -2.03. The van der Waals surface area contributed by atoms with E-state index in [4.69, 9.17) is 34.8 Å². The summed E-state index contributed by atoms with van der Waals surface area (Å²) in [5, 5.41) is 5.57. The van der Waals surface area contributed by atoms with Crippen LogP contribution >= 0.6 is 34.8 Å². The minimum absolute atomic E-state index is 0.410. The molecule has 0 radical (unpaired) electrons. The molecule has 0 bridgehead atoms. The number of nitrogens with zero attached hydrogens (tertiary/aromatic N) is 2. The van der Waals surface area contributed by atoms with Crippen LogP contribution in [0.4, 0.5) is 0 Å². The van der Waals surface area contributed by atoms with Crippen molar-refractivity contribution in [1.82, 2.24) is 9.78 Å². The number of hydrogen-bond acceptors (Lipinski definition) is 1. The maximum atomic E-state index is 6.21. The van der Waals surface area contributed by atoms with Crippen molar-refractivity contribution < 1.29 is 0 Å². The predicted octanol–water partition coefficient (Wildman–Crippen LogP) is 4.80. The van der Waals surface area contributed by atoms with Gasteiger partial charge < -0.3 is 0 Å². The fourth-order valence-corrected chi connectivity index (χ4v) is 2.96. The largest absolute Gasteiger partial charge is 0.233 e. The molecule has 1 heterocycles. The van der Waals surface area contributed by atoms with E-state index in [1.165, 1.54) is 18.4 Å². The van der Waals surface area contributed by atoms with Gasteiger partial charge in [0.05, 0.1) is 27.8 Å². The third-order valence-electron chi connectivity index (χ3n) is 3.19. The molecule has 0 N–H and O–H groups in total. The third kappa shape index (κ3) is 2.03. The Labute approximate surface area is 120 Å². The van der Waals surface area contributed by atoms with Gasteiger partial charge in [0.1, 0.15) is 5.69 Å². The third-order valence-corrected chi connectivity index (χ3v) is 4.06. The second kappa shape index (κ2) is 4.76. The minimum atomic E-state index is 0.410. The van der Waals surface area contributed by atoms with Crippen LogP contribution < -0.4 is 0 Å². The molecule has 1 fully saturated rings. The first kappa shape index (κ1) is 12.3. The Morgan fingerprint density at radius 2 is 1.89 bits per heavy atom. The first-order valence-electron chi connectivity index (χ1n) is 5.79. The van der Waals surface area contributed by atoms with Crippen LogP contribution in [-0.4, -0.2) is 9.78 Å². The highest BCUT2D eigenvalue weighted by molar-refractivity contribution is 6.37. The van der Waals surface area contributed by atoms with Gasteiger partial charge in [0.25, 0.3) is 0 Å². The molecular weight excluding hydrogens is 291 g/mol. The summed E-state index contributed by atoms with van der Waals surface area (Å²) >= 11 is 18.5. The Morgan fingerprint density at radius 3 is 2.44 bits per heavy atom. The van der Waals surface area contributed by atoms with E-state index in [2.05, 4.69) is 5.10 Å². The fourth-order valence-electron chi connectivity index (χ4n) is 2.14. The summed E-state index contributed by atoms with van der Waals surface area (Å²) in [5.74, 6) is 1.02. The van der Waals surface area contributed by atoms with Crippen molar-refractivity contribution in [2.75, 3.05) is 0 Å². The fraction of sp³-hybridized carbons (Fsp3) is 0.308. The van der Waals surface area contributed by atoms with E-state index in [-0.39, 0.29) is 0 Å². The van der Waals surface area contributed by atoms with Gasteiger partial charge in [0.15, 0.2) is 0 Å². The Balaban J connectivity index is 2.16. The van der Waals surface area contributed by atoms with Crippen molar-refractivity contribution in [3.63, 3.8) is 0 Å². The first-order valence-corrected chi connectivity index (χ1v) is 7.08. The molecule has 3 rings (SSSR count). The number of aromatic nitrogens is 2. The monoisotopic (exact) mass is 300 g/mol. The highest BCUT2D eigenvalue weighted by Crippen LogP contribution is 2.43. The zero-order valence-corrected chi connectivity index (χ0v) is 11.8. The van der Waals surface area contributed by atoms with E-state index < -0.39 is 0 Å². The molecular formula is C13H11Cl3N2. The lowest BCUT2D eigenvalue weighted by Gasteiger charge is -2.10. The van der Waals surface area contributed by atoms with E-state index >= 15 is 0 Å². The molecule has 2 nitrogen and oxygen atoms in total. The molecule has 2 aromatic rings. The van der Waals surface area contributed by atoms with Crippen molar-refractivity contribution in [2.45, 2.75) is 24.6 Å². The molecule has 18 heavy (non-hydrogen) atoms. The number of halogens is 3. The van der Waals surface area contributed by atoms with E-state index in [0.29, 0.717) is 27.5 Å². The molecule has 0 amide bonds. The molecule has 0 aliphatic heterocycles. The summed E-state index contributed by atoms with van der Waals surface area (Å²) in [5.41, 5.74) is 2.93. The van der Waals surface area contributed by atoms with Gasteiger partial charge in [-0.05, 0) is 36.5 Å². The van der Waals surface area contributed by atoms with Gasteiger partial charge in [-0.1, -0.05) is 29.3 Å². The summed E-state index contributed by atoms with van der Waals surface area (Å²) in [6, 6.07) is 5.43. The van der Waals surface area contributed by atoms with Crippen LogP contribution in [-0.2, 0) is 5.88 Å². The van der Waals surface area contributed by atoms with Crippen molar-refractivity contribution in [2.24, 2.45) is 0 Å². The van der Waals surface area contributed by atoms with Crippen molar-refractivity contribution >= 4 is 34.8 Å². The van der Waals surface area contributed by atoms with Crippen molar-refractivity contribution in [1.29, 1.82) is 0 Å². The van der Waals surface area contributed by atoms with Gasteiger partial charge in [0.2, 0.25) is 0 Å². The van der Waals surface area contributed by atoms with Crippen LogP contribution in [0.2, 0.25) is 10.0 Å². The predicted molar refractivity (Wildman–Crippen MR) is 75.1 cm³/mol. The van der Waals surface area contributed by atoms with Crippen molar-refractivity contribution in [3.8, 4) is 5.69 Å². The maximum Gasteiger partial charge on any atom is 0.102 e. The van der Waals surface area contributed by atoms with Crippen LogP contribution in [0, 0.1) is 0 Å². The van der Waals surface area contributed by atoms with E-state index in [9.17, 15) is 0 Å². The summed E-state index contributed by atoms with van der Waals surface area (Å²) in [4.78, 5) is 0.